The molecule has 1 fully saturated rings. The van der Waals surface area contributed by atoms with E-state index in [4.69, 9.17) is 14.2 Å². The van der Waals surface area contributed by atoms with Crippen molar-refractivity contribution in [1.29, 1.82) is 0 Å². The van der Waals surface area contributed by atoms with Gasteiger partial charge in [-0.25, -0.2) is 23.5 Å². The highest BCUT2D eigenvalue weighted by Gasteiger charge is 2.68. The number of aromatic nitrogens is 3. The molecule has 0 radical (unpaired) electrons. The van der Waals surface area contributed by atoms with E-state index in [9.17, 15) is 14.7 Å². The molecule has 1 aliphatic heterocycles. The van der Waals surface area contributed by atoms with Crippen molar-refractivity contribution in [3.8, 4) is 0 Å². The number of rotatable bonds is 6. The first-order chi connectivity index (χ1) is 17.7. The van der Waals surface area contributed by atoms with E-state index in [1.165, 1.54) is 29.0 Å². The number of carbonyl (C=O) groups is 2. The van der Waals surface area contributed by atoms with Gasteiger partial charge in [-0.1, -0.05) is 36.4 Å². The largest absolute Gasteiger partial charge is 0.459 e. The molecule has 3 heterocycles. The summed E-state index contributed by atoms with van der Waals surface area (Å²) in [6, 6.07) is 19.3. The highest BCUT2D eigenvalue weighted by atomic mass is 19.1. The maximum atomic E-state index is 16.6. The minimum absolute atomic E-state index is 0.0318. The summed E-state index contributed by atoms with van der Waals surface area (Å²) in [6.07, 6.45) is -1.71. The number of benzene rings is 2. The molecule has 1 saturated heterocycles. The smallest absolute Gasteiger partial charge is 0.338 e. The molecule has 37 heavy (non-hydrogen) atoms. The predicted octanol–water partition coefficient (Wildman–Crippen LogP) is 3.39. The van der Waals surface area contributed by atoms with Gasteiger partial charge in [0.15, 0.2) is 6.10 Å². The second-order valence-corrected chi connectivity index (χ2v) is 8.89. The van der Waals surface area contributed by atoms with Crippen LogP contribution in [0, 0.1) is 6.92 Å². The minimum Gasteiger partial charge on any atom is -0.459 e. The van der Waals surface area contributed by atoms with Crippen LogP contribution in [0.25, 0.3) is 5.52 Å². The van der Waals surface area contributed by atoms with Gasteiger partial charge in [0.1, 0.15) is 24.7 Å². The van der Waals surface area contributed by atoms with Gasteiger partial charge in [0.2, 0.25) is 11.5 Å². The zero-order chi connectivity index (χ0) is 26.2. The maximum Gasteiger partial charge on any atom is 0.338 e. The van der Waals surface area contributed by atoms with Gasteiger partial charge in [0.05, 0.1) is 22.3 Å². The van der Waals surface area contributed by atoms with Crippen LogP contribution in [0.4, 0.5) is 4.39 Å². The highest BCUT2D eigenvalue weighted by Crippen LogP contribution is 2.49. The molecule has 4 aromatic rings. The fourth-order valence-electron chi connectivity index (χ4n) is 4.44. The summed E-state index contributed by atoms with van der Waals surface area (Å²) in [7, 11) is 0. The van der Waals surface area contributed by atoms with Crippen LogP contribution in [0.15, 0.2) is 79.1 Å². The molecule has 5 rings (SSSR count). The maximum absolute atomic E-state index is 16.6. The Morgan fingerprint density at radius 1 is 1.03 bits per heavy atom. The van der Waals surface area contributed by atoms with E-state index in [-0.39, 0.29) is 16.8 Å². The van der Waals surface area contributed by atoms with Crippen molar-refractivity contribution in [2.45, 2.75) is 37.5 Å². The van der Waals surface area contributed by atoms with Crippen molar-refractivity contribution in [2.75, 3.05) is 6.61 Å². The van der Waals surface area contributed by atoms with Gasteiger partial charge in [-0.15, -0.1) is 0 Å². The lowest BCUT2D eigenvalue weighted by Crippen LogP contribution is -2.51. The topological polar surface area (TPSA) is 112 Å². The molecule has 4 atom stereocenters. The molecule has 190 valence electrons. The van der Waals surface area contributed by atoms with Gasteiger partial charge < -0.3 is 19.3 Å². The highest BCUT2D eigenvalue weighted by molar-refractivity contribution is 5.90. The third kappa shape index (κ3) is 4.24. The third-order valence-corrected chi connectivity index (χ3v) is 6.48. The molecule has 1 unspecified atom stereocenters. The number of halogens is 1. The Labute approximate surface area is 211 Å². The number of nitrogens with zero attached hydrogens (tertiary/aromatic N) is 3. The summed E-state index contributed by atoms with van der Waals surface area (Å²) in [5.41, 5.74) is -1.11. The molecule has 1 aliphatic rings. The van der Waals surface area contributed by atoms with Crippen LogP contribution >= 0.6 is 0 Å². The molecule has 0 aliphatic carbocycles. The van der Waals surface area contributed by atoms with Gasteiger partial charge in [0.25, 0.3) is 0 Å². The first-order valence-corrected chi connectivity index (χ1v) is 11.6. The lowest BCUT2D eigenvalue weighted by molar-refractivity contribution is -0.256. The summed E-state index contributed by atoms with van der Waals surface area (Å²) < 4.78 is 34.7. The van der Waals surface area contributed by atoms with Gasteiger partial charge in [-0.05, 0) is 50.2 Å². The van der Waals surface area contributed by atoms with E-state index >= 15 is 4.39 Å². The summed E-state index contributed by atoms with van der Waals surface area (Å²) in [6.45, 7) is 2.33. The van der Waals surface area contributed by atoms with Crippen molar-refractivity contribution >= 4 is 17.5 Å². The number of hydrogen-bond donors (Lipinski definition) is 1. The van der Waals surface area contributed by atoms with Crippen LogP contribution in [-0.4, -0.2) is 56.1 Å². The van der Waals surface area contributed by atoms with Gasteiger partial charge in [-0.2, -0.15) is 5.10 Å². The van der Waals surface area contributed by atoms with Crippen LogP contribution in [0.2, 0.25) is 0 Å². The number of alkyl halides is 1. The Balaban J connectivity index is 1.50. The quantitative estimate of drug-likeness (QED) is 0.397. The molecular formula is C27H24FN3O6. The molecule has 10 heteroatoms. The number of aliphatic hydroxyl groups is 1. The lowest BCUT2D eigenvalue weighted by Gasteiger charge is -2.32. The predicted molar refractivity (Wildman–Crippen MR) is 128 cm³/mol. The van der Waals surface area contributed by atoms with Crippen molar-refractivity contribution < 1.29 is 33.3 Å². The Kier molecular flexibility index (Phi) is 6.22. The molecule has 0 saturated carbocycles. The standard InChI is InChI=1S/C27H24FN3O6/c1-17-20-13-14-22(31(20)30-16-29-17)27(34)26(2,28)23(36-25(33)19-11-7-4-8-12-19)21(37-27)15-35-24(32)18-9-5-3-6-10-18/h3-14,16,21,23,34H,15H2,1-2H3/t21-,23-,26-,27?/m1/s1. The molecule has 0 spiro atoms. The number of aryl methyl sites for hydroxylation is 1. The normalized spacial score (nSPS) is 25.2. The number of carbonyl (C=O) groups excluding carboxylic acids is 2. The van der Waals surface area contributed by atoms with Gasteiger partial charge in [0, 0.05) is 0 Å². The average molecular weight is 506 g/mol. The van der Waals surface area contributed by atoms with E-state index in [1.54, 1.807) is 61.5 Å². The van der Waals surface area contributed by atoms with Crippen LogP contribution in [-0.2, 0) is 20.0 Å². The fourth-order valence-corrected chi connectivity index (χ4v) is 4.44. The molecule has 0 amide bonds. The van der Waals surface area contributed by atoms with E-state index < -0.39 is 42.2 Å². The van der Waals surface area contributed by atoms with Crippen molar-refractivity contribution in [1.82, 2.24) is 14.6 Å². The zero-order valence-electron chi connectivity index (χ0n) is 20.1. The average Bonchev–Trinajstić information content (AvgIpc) is 3.43. The molecule has 9 nitrogen and oxygen atoms in total. The van der Waals surface area contributed by atoms with Gasteiger partial charge >= 0.3 is 11.9 Å². The third-order valence-electron chi connectivity index (χ3n) is 6.48. The molecule has 2 aromatic heterocycles. The number of esters is 2. The van der Waals surface area contributed by atoms with Crippen molar-refractivity contribution in [2.24, 2.45) is 0 Å². The van der Waals surface area contributed by atoms with Crippen LogP contribution < -0.4 is 0 Å². The lowest BCUT2D eigenvalue weighted by atomic mass is 9.89. The molecule has 0 bridgehead atoms. The van der Waals surface area contributed by atoms with E-state index in [0.717, 1.165) is 6.92 Å². The summed E-state index contributed by atoms with van der Waals surface area (Å²) in [4.78, 5) is 29.6. The van der Waals surface area contributed by atoms with E-state index in [2.05, 4.69) is 10.1 Å². The minimum atomic E-state index is -2.67. The fraction of sp³-hybridized carbons (Fsp3) is 0.259. The Hall–Kier alpha value is -4.15. The first-order valence-electron chi connectivity index (χ1n) is 11.6. The monoisotopic (exact) mass is 505 g/mol. The Morgan fingerprint density at radius 3 is 2.30 bits per heavy atom. The zero-order valence-corrected chi connectivity index (χ0v) is 20.1. The summed E-state index contributed by atoms with van der Waals surface area (Å²) >= 11 is 0. The van der Waals surface area contributed by atoms with E-state index in [0.29, 0.717) is 11.2 Å². The van der Waals surface area contributed by atoms with Crippen molar-refractivity contribution in [3.63, 3.8) is 0 Å². The number of fused-ring (bicyclic) bond motifs is 1. The Morgan fingerprint density at radius 2 is 1.65 bits per heavy atom. The first kappa shape index (κ1) is 24.5. The summed E-state index contributed by atoms with van der Waals surface area (Å²) in [5.74, 6) is -4.10. The molecule has 1 N–H and O–H groups in total. The number of ether oxygens (including phenoxy) is 3. The van der Waals surface area contributed by atoms with Crippen LogP contribution in [0.3, 0.4) is 0 Å². The summed E-state index contributed by atoms with van der Waals surface area (Å²) in [5, 5.41) is 15.8. The second kappa shape index (κ2) is 9.38. The van der Waals surface area contributed by atoms with E-state index in [1.807, 2.05) is 0 Å². The second-order valence-electron chi connectivity index (χ2n) is 8.89. The molecule has 2 aromatic carbocycles. The van der Waals surface area contributed by atoms with Crippen LogP contribution in [0.1, 0.15) is 39.0 Å². The van der Waals surface area contributed by atoms with Crippen molar-refractivity contribution in [3.05, 3.63) is 102 Å². The molecular weight excluding hydrogens is 481 g/mol. The SMILES string of the molecule is Cc1ncnn2c(C3(O)O[C@H](COC(=O)c4ccccc4)[C@@H](OC(=O)c4ccccc4)[C@@]3(C)F)ccc12. The van der Waals surface area contributed by atoms with Crippen LogP contribution in [0.5, 0.6) is 0 Å². The number of hydrogen-bond acceptors (Lipinski definition) is 8. The Bertz CT molecular complexity index is 1440. The van der Waals surface area contributed by atoms with Gasteiger partial charge in [-0.3, -0.25) is 0 Å².